The molecule has 1 N–H and O–H groups in total. The van der Waals surface area contributed by atoms with Gasteiger partial charge in [-0.1, -0.05) is 23.7 Å². The van der Waals surface area contributed by atoms with Crippen LogP contribution in [0.4, 0.5) is 17.1 Å². The second-order valence-corrected chi connectivity index (χ2v) is 4.96. The van der Waals surface area contributed by atoms with Crippen LogP contribution in [0.5, 0.6) is 0 Å². The van der Waals surface area contributed by atoms with E-state index >= 15 is 0 Å². The average Bonchev–Trinajstić information content (AvgIpc) is 2.46. The van der Waals surface area contributed by atoms with Gasteiger partial charge in [0.1, 0.15) is 11.4 Å². The number of nitrogens with zero attached hydrogens (tertiary/aromatic N) is 3. The van der Waals surface area contributed by atoms with Crippen molar-refractivity contribution in [3.63, 3.8) is 0 Å². The number of hydrogen-bond acceptors (Lipinski definition) is 4. The molecule has 0 fully saturated rings. The number of carboxylic acids is 1. The number of carbonyl (C=O) groups is 1. The maximum absolute atomic E-state index is 11.1. The lowest BCUT2D eigenvalue weighted by atomic mass is 10.2. The molecule has 2 aromatic rings. The van der Waals surface area contributed by atoms with Crippen LogP contribution in [-0.2, 0) is 0 Å². The first-order valence-electron chi connectivity index (χ1n) is 6.20. The van der Waals surface area contributed by atoms with E-state index in [1.807, 2.05) is 25.1 Å². The fraction of sp³-hybridized carbons (Fsp3) is 0.133. The Morgan fingerprint density at radius 3 is 2.38 bits per heavy atom. The maximum Gasteiger partial charge on any atom is 0.337 e. The van der Waals surface area contributed by atoms with Gasteiger partial charge in [0.15, 0.2) is 0 Å². The standard InChI is InChI=1S/C15H14ClN3O2/c1-19(2)10-7-8-14(12(16)9-10)18-17-13-6-4-3-5-11(13)15(20)21/h3-9H,1-2H3,(H,20,21). The summed E-state index contributed by atoms with van der Waals surface area (Å²) in [7, 11) is 3.83. The number of halogens is 1. The topological polar surface area (TPSA) is 65.3 Å². The molecule has 0 aliphatic carbocycles. The normalized spacial score (nSPS) is 10.8. The molecule has 21 heavy (non-hydrogen) atoms. The number of anilines is 1. The Balaban J connectivity index is 2.32. The highest BCUT2D eigenvalue weighted by molar-refractivity contribution is 6.33. The lowest BCUT2D eigenvalue weighted by molar-refractivity contribution is 0.0698. The van der Waals surface area contributed by atoms with Crippen LogP contribution in [0.1, 0.15) is 10.4 Å². The molecule has 2 rings (SSSR count). The first kappa shape index (κ1) is 15.0. The van der Waals surface area contributed by atoms with E-state index in [2.05, 4.69) is 10.2 Å². The fourth-order valence-corrected chi connectivity index (χ4v) is 1.92. The van der Waals surface area contributed by atoms with Crippen molar-refractivity contribution in [2.75, 3.05) is 19.0 Å². The van der Waals surface area contributed by atoms with Crippen LogP contribution in [0.25, 0.3) is 0 Å². The van der Waals surface area contributed by atoms with Crippen molar-refractivity contribution < 1.29 is 9.90 Å². The summed E-state index contributed by atoms with van der Waals surface area (Å²) in [5.41, 5.74) is 1.83. The van der Waals surface area contributed by atoms with Crippen molar-refractivity contribution in [2.45, 2.75) is 0 Å². The smallest absolute Gasteiger partial charge is 0.337 e. The van der Waals surface area contributed by atoms with Crippen LogP contribution in [0, 0.1) is 0 Å². The van der Waals surface area contributed by atoms with Crippen LogP contribution in [0.15, 0.2) is 52.7 Å². The molecule has 108 valence electrons. The van der Waals surface area contributed by atoms with Gasteiger partial charge in [-0.05, 0) is 30.3 Å². The minimum atomic E-state index is -1.04. The Labute approximate surface area is 127 Å². The molecule has 0 radical (unpaired) electrons. The Hall–Kier alpha value is -2.40. The Bertz CT molecular complexity index is 699. The van der Waals surface area contributed by atoms with Gasteiger partial charge < -0.3 is 10.0 Å². The highest BCUT2D eigenvalue weighted by atomic mass is 35.5. The quantitative estimate of drug-likeness (QED) is 0.844. The predicted octanol–water partition coefficient (Wildman–Crippen LogP) is 4.52. The Morgan fingerprint density at radius 2 is 1.76 bits per heavy atom. The Morgan fingerprint density at radius 1 is 1.10 bits per heavy atom. The van der Waals surface area contributed by atoms with Crippen LogP contribution in [0.2, 0.25) is 5.02 Å². The zero-order valence-corrected chi connectivity index (χ0v) is 12.4. The summed E-state index contributed by atoms with van der Waals surface area (Å²) >= 11 is 6.15. The van der Waals surface area contributed by atoms with Gasteiger partial charge in [-0.2, -0.15) is 0 Å². The van der Waals surface area contributed by atoms with E-state index < -0.39 is 5.97 Å². The van der Waals surface area contributed by atoms with Crippen molar-refractivity contribution in [3.05, 3.63) is 53.1 Å². The SMILES string of the molecule is CN(C)c1ccc(N=Nc2ccccc2C(=O)O)c(Cl)c1. The van der Waals surface area contributed by atoms with Crippen molar-refractivity contribution in [1.82, 2.24) is 0 Å². The summed E-state index contributed by atoms with van der Waals surface area (Å²) < 4.78 is 0. The van der Waals surface area contributed by atoms with Crippen LogP contribution < -0.4 is 4.90 Å². The molecule has 0 aliphatic rings. The third kappa shape index (κ3) is 3.58. The molecule has 0 heterocycles. The minimum Gasteiger partial charge on any atom is -0.478 e. The average molecular weight is 304 g/mol. The molecule has 0 aromatic heterocycles. The molecule has 0 saturated carbocycles. The van der Waals surface area contributed by atoms with E-state index in [4.69, 9.17) is 16.7 Å². The van der Waals surface area contributed by atoms with Crippen LogP contribution in [-0.4, -0.2) is 25.2 Å². The van der Waals surface area contributed by atoms with Gasteiger partial charge in [0, 0.05) is 19.8 Å². The van der Waals surface area contributed by atoms with Crippen LogP contribution in [0.3, 0.4) is 0 Å². The lowest BCUT2D eigenvalue weighted by Gasteiger charge is -2.12. The maximum atomic E-state index is 11.1. The fourth-order valence-electron chi connectivity index (χ4n) is 1.70. The number of hydrogen-bond donors (Lipinski definition) is 1. The van der Waals surface area contributed by atoms with Crippen LogP contribution >= 0.6 is 11.6 Å². The van der Waals surface area contributed by atoms with Crippen molar-refractivity contribution in [3.8, 4) is 0 Å². The van der Waals surface area contributed by atoms with Crippen molar-refractivity contribution in [2.24, 2.45) is 10.2 Å². The molecule has 0 amide bonds. The zero-order valence-electron chi connectivity index (χ0n) is 11.6. The zero-order chi connectivity index (χ0) is 15.4. The van der Waals surface area contributed by atoms with Gasteiger partial charge in [0.05, 0.1) is 10.6 Å². The summed E-state index contributed by atoms with van der Waals surface area (Å²) in [6, 6.07) is 11.8. The van der Waals surface area contributed by atoms with Gasteiger partial charge in [-0.3, -0.25) is 0 Å². The first-order valence-corrected chi connectivity index (χ1v) is 6.58. The second-order valence-electron chi connectivity index (χ2n) is 4.55. The number of azo groups is 1. The lowest BCUT2D eigenvalue weighted by Crippen LogP contribution is -2.07. The molecule has 0 aliphatic heterocycles. The van der Waals surface area contributed by atoms with Gasteiger partial charge in [0.25, 0.3) is 0 Å². The third-order valence-electron chi connectivity index (χ3n) is 2.85. The number of aromatic carboxylic acids is 1. The third-order valence-corrected chi connectivity index (χ3v) is 3.15. The molecule has 0 spiro atoms. The summed E-state index contributed by atoms with van der Waals surface area (Å²) in [6.07, 6.45) is 0. The Kier molecular flexibility index (Phi) is 4.55. The molecule has 5 nitrogen and oxygen atoms in total. The number of benzene rings is 2. The first-order chi connectivity index (χ1) is 9.99. The largest absolute Gasteiger partial charge is 0.478 e. The van der Waals surface area contributed by atoms with E-state index in [0.29, 0.717) is 10.7 Å². The van der Waals surface area contributed by atoms with E-state index in [9.17, 15) is 4.79 Å². The van der Waals surface area contributed by atoms with E-state index in [0.717, 1.165) is 5.69 Å². The molecular formula is C15H14ClN3O2. The van der Waals surface area contributed by atoms with E-state index in [-0.39, 0.29) is 11.3 Å². The molecule has 6 heteroatoms. The highest BCUT2D eigenvalue weighted by Gasteiger charge is 2.08. The number of carboxylic acid groups (broad SMARTS) is 1. The molecule has 0 bridgehead atoms. The second kappa shape index (κ2) is 6.37. The van der Waals surface area contributed by atoms with Gasteiger partial charge in [-0.15, -0.1) is 10.2 Å². The minimum absolute atomic E-state index is 0.0993. The summed E-state index contributed by atoms with van der Waals surface area (Å²) in [4.78, 5) is 13.0. The van der Waals surface area contributed by atoms with E-state index in [1.54, 1.807) is 30.3 Å². The molecule has 0 saturated heterocycles. The summed E-state index contributed by atoms with van der Waals surface area (Å²) in [5, 5.41) is 17.5. The predicted molar refractivity (Wildman–Crippen MR) is 83.4 cm³/mol. The van der Waals surface area contributed by atoms with Gasteiger partial charge >= 0.3 is 5.97 Å². The highest BCUT2D eigenvalue weighted by Crippen LogP contribution is 2.31. The molecular weight excluding hydrogens is 290 g/mol. The molecule has 0 unspecified atom stereocenters. The monoisotopic (exact) mass is 303 g/mol. The molecule has 0 atom stereocenters. The number of rotatable bonds is 4. The van der Waals surface area contributed by atoms with Gasteiger partial charge in [0.2, 0.25) is 0 Å². The molecule has 2 aromatic carbocycles. The summed E-state index contributed by atoms with van der Waals surface area (Å²) in [5.74, 6) is -1.04. The summed E-state index contributed by atoms with van der Waals surface area (Å²) in [6.45, 7) is 0. The van der Waals surface area contributed by atoms with Gasteiger partial charge in [-0.25, -0.2) is 4.79 Å². The van der Waals surface area contributed by atoms with Crippen molar-refractivity contribution in [1.29, 1.82) is 0 Å². The van der Waals surface area contributed by atoms with Crippen molar-refractivity contribution >= 4 is 34.6 Å². The van der Waals surface area contributed by atoms with E-state index in [1.165, 1.54) is 6.07 Å².